The standard InChI is InChI=1S/C16H26O4/c1-12(9-7-8-10-14(17)19-6)11-13(2)15(18)20-16(3,4)5/h8,10-12H,7,9H2,1-6H3/b10-8+,13-11+/t12-/m1/s1. The van der Waals surface area contributed by atoms with E-state index in [1.807, 2.05) is 33.8 Å². The normalized spacial score (nSPS) is 14.2. The number of carbonyl (C=O) groups excluding carboxylic acids is 2. The number of hydrogen-bond donors (Lipinski definition) is 0. The molecule has 1 atom stereocenters. The van der Waals surface area contributed by atoms with Gasteiger partial charge in [-0.15, -0.1) is 0 Å². The van der Waals surface area contributed by atoms with Gasteiger partial charge >= 0.3 is 11.9 Å². The molecule has 0 bridgehead atoms. The van der Waals surface area contributed by atoms with Gasteiger partial charge in [0.05, 0.1) is 7.11 Å². The Morgan fingerprint density at radius 2 is 1.85 bits per heavy atom. The first-order chi connectivity index (χ1) is 9.15. The van der Waals surface area contributed by atoms with Crippen molar-refractivity contribution in [2.75, 3.05) is 7.11 Å². The van der Waals surface area contributed by atoms with Crippen molar-refractivity contribution >= 4 is 11.9 Å². The fourth-order valence-electron chi connectivity index (χ4n) is 1.54. The lowest BCUT2D eigenvalue weighted by molar-refractivity contribution is -0.149. The van der Waals surface area contributed by atoms with Gasteiger partial charge in [0, 0.05) is 11.6 Å². The summed E-state index contributed by atoms with van der Waals surface area (Å²) < 4.78 is 9.79. The van der Waals surface area contributed by atoms with Crippen LogP contribution >= 0.6 is 0 Å². The van der Waals surface area contributed by atoms with Crippen LogP contribution in [0.25, 0.3) is 0 Å². The third-order valence-corrected chi connectivity index (χ3v) is 2.50. The molecular weight excluding hydrogens is 256 g/mol. The lowest BCUT2D eigenvalue weighted by atomic mass is 10.0. The molecule has 4 heteroatoms. The average molecular weight is 282 g/mol. The highest BCUT2D eigenvalue weighted by Gasteiger charge is 2.17. The van der Waals surface area contributed by atoms with Crippen molar-refractivity contribution in [3.63, 3.8) is 0 Å². The highest BCUT2D eigenvalue weighted by atomic mass is 16.6. The van der Waals surface area contributed by atoms with E-state index in [1.165, 1.54) is 13.2 Å². The largest absolute Gasteiger partial charge is 0.466 e. The summed E-state index contributed by atoms with van der Waals surface area (Å²) in [7, 11) is 1.35. The van der Waals surface area contributed by atoms with E-state index in [1.54, 1.807) is 13.0 Å². The van der Waals surface area contributed by atoms with Crippen molar-refractivity contribution in [2.45, 2.75) is 53.1 Å². The molecule has 0 aromatic carbocycles. The van der Waals surface area contributed by atoms with Crippen LogP contribution in [0, 0.1) is 5.92 Å². The molecule has 0 fully saturated rings. The lowest BCUT2D eigenvalue weighted by Gasteiger charge is -2.20. The van der Waals surface area contributed by atoms with Crippen molar-refractivity contribution in [3.05, 3.63) is 23.8 Å². The number of rotatable bonds is 6. The van der Waals surface area contributed by atoms with Gasteiger partial charge in [-0.1, -0.05) is 19.1 Å². The molecule has 0 aliphatic carbocycles. The Labute approximate surface area is 121 Å². The fourth-order valence-corrected chi connectivity index (χ4v) is 1.54. The van der Waals surface area contributed by atoms with Crippen LogP contribution in [0.4, 0.5) is 0 Å². The number of methoxy groups -OCH3 is 1. The molecular formula is C16H26O4. The first-order valence-electron chi connectivity index (χ1n) is 6.82. The molecule has 0 unspecified atom stereocenters. The molecule has 0 rings (SSSR count). The van der Waals surface area contributed by atoms with Gasteiger partial charge in [0.25, 0.3) is 0 Å². The molecule has 0 saturated carbocycles. The summed E-state index contributed by atoms with van der Waals surface area (Å²) in [5.41, 5.74) is 0.142. The molecule has 0 N–H and O–H groups in total. The molecule has 0 heterocycles. The second-order valence-electron chi connectivity index (χ2n) is 5.83. The predicted molar refractivity (Wildman–Crippen MR) is 79.2 cm³/mol. The van der Waals surface area contributed by atoms with E-state index >= 15 is 0 Å². The number of ether oxygens (including phenoxy) is 2. The minimum atomic E-state index is -0.474. The molecule has 0 saturated heterocycles. The Balaban J connectivity index is 4.26. The zero-order chi connectivity index (χ0) is 15.8. The van der Waals surface area contributed by atoms with Crippen molar-refractivity contribution in [2.24, 2.45) is 5.92 Å². The van der Waals surface area contributed by atoms with Crippen LogP contribution in [0.2, 0.25) is 0 Å². The van der Waals surface area contributed by atoms with Crippen LogP contribution in [-0.2, 0) is 19.1 Å². The highest BCUT2D eigenvalue weighted by Crippen LogP contribution is 2.15. The Morgan fingerprint density at radius 3 is 2.35 bits per heavy atom. The van der Waals surface area contributed by atoms with Gasteiger partial charge in [-0.2, -0.15) is 0 Å². The summed E-state index contributed by atoms with van der Waals surface area (Å²) in [5.74, 6) is -0.391. The van der Waals surface area contributed by atoms with Crippen LogP contribution in [0.5, 0.6) is 0 Å². The van der Waals surface area contributed by atoms with Gasteiger partial charge in [0.1, 0.15) is 5.60 Å². The molecule has 0 aromatic rings. The molecule has 0 aliphatic heterocycles. The highest BCUT2D eigenvalue weighted by molar-refractivity contribution is 5.88. The van der Waals surface area contributed by atoms with Crippen LogP contribution < -0.4 is 0 Å². The van der Waals surface area contributed by atoms with Crippen LogP contribution in [-0.4, -0.2) is 24.6 Å². The summed E-state index contributed by atoms with van der Waals surface area (Å²) >= 11 is 0. The smallest absolute Gasteiger partial charge is 0.333 e. The van der Waals surface area contributed by atoms with Crippen molar-refractivity contribution in [1.29, 1.82) is 0 Å². The number of esters is 2. The fraction of sp³-hybridized carbons (Fsp3) is 0.625. The second-order valence-corrected chi connectivity index (χ2v) is 5.83. The van der Waals surface area contributed by atoms with Gasteiger partial charge in [0.2, 0.25) is 0 Å². The zero-order valence-corrected chi connectivity index (χ0v) is 13.4. The minimum Gasteiger partial charge on any atom is -0.466 e. The van der Waals surface area contributed by atoms with Crippen LogP contribution in [0.15, 0.2) is 23.8 Å². The molecule has 114 valence electrons. The number of hydrogen-bond acceptors (Lipinski definition) is 4. The molecule has 0 spiro atoms. The molecule has 0 amide bonds. The summed E-state index contributed by atoms with van der Waals surface area (Å²) in [6, 6.07) is 0. The minimum absolute atomic E-state index is 0.241. The van der Waals surface area contributed by atoms with Crippen LogP contribution in [0.1, 0.15) is 47.5 Å². The van der Waals surface area contributed by atoms with E-state index in [4.69, 9.17) is 4.74 Å². The topological polar surface area (TPSA) is 52.6 Å². The van der Waals surface area contributed by atoms with Gasteiger partial charge in [0.15, 0.2) is 0 Å². The van der Waals surface area contributed by atoms with Crippen molar-refractivity contribution < 1.29 is 19.1 Å². The van der Waals surface area contributed by atoms with Crippen LogP contribution in [0.3, 0.4) is 0 Å². The van der Waals surface area contributed by atoms with E-state index in [0.717, 1.165) is 12.8 Å². The Morgan fingerprint density at radius 1 is 1.25 bits per heavy atom. The maximum atomic E-state index is 11.8. The molecule has 4 nitrogen and oxygen atoms in total. The molecule has 0 radical (unpaired) electrons. The third-order valence-electron chi connectivity index (χ3n) is 2.50. The average Bonchev–Trinajstić information content (AvgIpc) is 2.32. The Kier molecular flexibility index (Phi) is 7.89. The molecule has 0 aromatic heterocycles. The molecule has 0 aliphatic rings. The quantitative estimate of drug-likeness (QED) is 0.553. The second kappa shape index (κ2) is 8.56. The Hall–Kier alpha value is -1.58. The number of carbonyl (C=O) groups is 2. The number of allylic oxidation sites excluding steroid dienone is 2. The first-order valence-corrected chi connectivity index (χ1v) is 6.82. The Bertz CT molecular complexity index is 386. The van der Waals surface area contributed by atoms with E-state index in [2.05, 4.69) is 4.74 Å². The first kappa shape index (κ1) is 18.4. The van der Waals surface area contributed by atoms with Crippen molar-refractivity contribution in [3.8, 4) is 0 Å². The maximum Gasteiger partial charge on any atom is 0.333 e. The summed E-state index contributed by atoms with van der Waals surface area (Å²) in [6.45, 7) is 9.33. The SMILES string of the molecule is COC(=O)/C=C/CC[C@@H](C)/C=C(\C)C(=O)OC(C)(C)C. The summed E-state index contributed by atoms with van der Waals surface area (Å²) in [5, 5.41) is 0. The van der Waals surface area contributed by atoms with Gasteiger partial charge in [-0.25, -0.2) is 9.59 Å². The summed E-state index contributed by atoms with van der Waals surface area (Å²) in [6.07, 6.45) is 6.71. The summed E-state index contributed by atoms with van der Waals surface area (Å²) in [4.78, 5) is 22.7. The predicted octanol–water partition coefficient (Wildman–Crippen LogP) is 3.42. The van der Waals surface area contributed by atoms with E-state index in [9.17, 15) is 9.59 Å². The lowest BCUT2D eigenvalue weighted by Crippen LogP contribution is -2.24. The molecule has 20 heavy (non-hydrogen) atoms. The van der Waals surface area contributed by atoms with E-state index < -0.39 is 5.60 Å². The third kappa shape index (κ3) is 9.36. The van der Waals surface area contributed by atoms with Gasteiger partial charge < -0.3 is 9.47 Å². The van der Waals surface area contributed by atoms with E-state index in [0.29, 0.717) is 5.57 Å². The van der Waals surface area contributed by atoms with Gasteiger partial charge in [-0.3, -0.25) is 0 Å². The van der Waals surface area contributed by atoms with Gasteiger partial charge in [-0.05, 0) is 46.5 Å². The monoisotopic (exact) mass is 282 g/mol. The van der Waals surface area contributed by atoms with E-state index in [-0.39, 0.29) is 17.9 Å². The zero-order valence-electron chi connectivity index (χ0n) is 13.4. The van der Waals surface area contributed by atoms with Crippen molar-refractivity contribution in [1.82, 2.24) is 0 Å². The maximum absolute atomic E-state index is 11.8.